The molecule has 2 aromatic carbocycles. The van der Waals surface area contributed by atoms with Crippen molar-refractivity contribution in [2.45, 2.75) is 13.3 Å². The van der Waals surface area contributed by atoms with Crippen molar-refractivity contribution in [3.05, 3.63) is 87.1 Å². The molecule has 1 amide bonds. The molecule has 2 heterocycles. The fraction of sp³-hybridized carbons (Fsp3) is 0.130. The smallest absolute Gasteiger partial charge is 0.257 e. The van der Waals surface area contributed by atoms with Crippen LogP contribution in [0.2, 0.25) is 5.02 Å². The number of amides is 1. The number of hydrogen-bond acceptors (Lipinski definition) is 5. The van der Waals surface area contributed by atoms with E-state index < -0.39 is 0 Å². The van der Waals surface area contributed by atoms with E-state index in [0.717, 1.165) is 11.3 Å². The lowest BCUT2D eigenvalue weighted by Crippen LogP contribution is -2.12. The number of benzene rings is 2. The molecule has 152 valence electrons. The summed E-state index contributed by atoms with van der Waals surface area (Å²) < 4.78 is 10.9. The van der Waals surface area contributed by atoms with Crippen molar-refractivity contribution in [3.8, 4) is 11.5 Å². The molecule has 4 rings (SSSR count). The zero-order chi connectivity index (χ0) is 21.1. The van der Waals surface area contributed by atoms with E-state index in [1.807, 2.05) is 6.07 Å². The zero-order valence-corrected chi connectivity index (χ0v) is 18.0. The van der Waals surface area contributed by atoms with Gasteiger partial charge in [-0.25, -0.2) is 4.98 Å². The van der Waals surface area contributed by atoms with Crippen LogP contribution >= 0.6 is 22.9 Å². The molecular formula is C23H19ClN2O3S. The lowest BCUT2D eigenvalue weighted by atomic mass is 10.1. The van der Waals surface area contributed by atoms with Crippen molar-refractivity contribution in [2.75, 3.05) is 12.4 Å². The van der Waals surface area contributed by atoms with Crippen LogP contribution in [-0.2, 0) is 11.2 Å². The third kappa shape index (κ3) is 4.56. The van der Waals surface area contributed by atoms with Crippen molar-refractivity contribution in [1.29, 1.82) is 0 Å². The largest absolute Gasteiger partial charge is 0.493 e. The summed E-state index contributed by atoms with van der Waals surface area (Å²) in [4.78, 5) is 18.2. The Bertz CT molecular complexity index is 1170. The quantitative estimate of drug-likeness (QED) is 0.560. The monoisotopic (exact) mass is 438 g/mol. The standard InChI is InChI=1S/C23H19ClN2O3S/c1-14-4-3-5-15(8-14)9-19-13-25-23(30-19)26-22(27)16-6-7-29-21-17(10-16)11-18(24)12-20(21)28-2/h3-8,10-13H,9H2,1-2H3,(H,25,26,27). The summed E-state index contributed by atoms with van der Waals surface area (Å²) in [5.74, 6) is 0.731. The van der Waals surface area contributed by atoms with E-state index in [1.54, 1.807) is 30.5 Å². The highest BCUT2D eigenvalue weighted by molar-refractivity contribution is 7.15. The summed E-state index contributed by atoms with van der Waals surface area (Å²) in [6, 6.07) is 11.7. The summed E-state index contributed by atoms with van der Waals surface area (Å²) in [6.45, 7) is 2.07. The van der Waals surface area contributed by atoms with Crippen LogP contribution in [0.25, 0.3) is 6.08 Å². The number of anilines is 1. The molecule has 1 aliphatic heterocycles. The van der Waals surface area contributed by atoms with Gasteiger partial charge in [-0.2, -0.15) is 0 Å². The second kappa shape index (κ2) is 8.73. The van der Waals surface area contributed by atoms with Crippen LogP contribution in [0.5, 0.6) is 11.5 Å². The Labute approximate surface area is 183 Å². The van der Waals surface area contributed by atoms with Crippen molar-refractivity contribution < 1.29 is 14.3 Å². The predicted octanol–water partition coefficient (Wildman–Crippen LogP) is 5.63. The highest BCUT2D eigenvalue weighted by atomic mass is 35.5. The third-order valence-corrected chi connectivity index (χ3v) is 5.64. The molecule has 3 aromatic rings. The van der Waals surface area contributed by atoms with Crippen LogP contribution in [0.3, 0.4) is 0 Å². The second-order valence-electron chi connectivity index (χ2n) is 6.80. The Kier molecular flexibility index (Phi) is 5.88. The van der Waals surface area contributed by atoms with E-state index in [9.17, 15) is 4.79 Å². The van der Waals surface area contributed by atoms with E-state index in [2.05, 4.69) is 35.4 Å². The Morgan fingerprint density at radius 1 is 1.30 bits per heavy atom. The summed E-state index contributed by atoms with van der Waals surface area (Å²) >= 11 is 7.61. The van der Waals surface area contributed by atoms with Crippen LogP contribution in [0.1, 0.15) is 21.6 Å². The summed E-state index contributed by atoms with van der Waals surface area (Å²) in [6.07, 6.45) is 7.34. The highest BCUT2D eigenvalue weighted by Crippen LogP contribution is 2.37. The molecule has 0 aliphatic carbocycles. The molecule has 5 nitrogen and oxygen atoms in total. The number of aromatic nitrogens is 1. The average molecular weight is 439 g/mol. The zero-order valence-electron chi connectivity index (χ0n) is 16.4. The topological polar surface area (TPSA) is 60.5 Å². The van der Waals surface area contributed by atoms with Crippen molar-refractivity contribution in [3.63, 3.8) is 0 Å². The van der Waals surface area contributed by atoms with E-state index in [1.165, 1.54) is 35.8 Å². The molecule has 0 bridgehead atoms. The van der Waals surface area contributed by atoms with Crippen LogP contribution in [0, 0.1) is 6.92 Å². The van der Waals surface area contributed by atoms with Gasteiger partial charge in [0.2, 0.25) is 0 Å². The van der Waals surface area contributed by atoms with Gasteiger partial charge < -0.3 is 9.47 Å². The lowest BCUT2D eigenvalue weighted by Gasteiger charge is -2.10. The molecule has 7 heteroatoms. The minimum atomic E-state index is -0.280. The first-order valence-electron chi connectivity index (χ1n) is 9.26. The normalized spacial score (nSPS) is 12.4. The number of nitrogens with zero attached hydrogens (tertiary/aromatic N) is 1. The van der Waals surface area contributed by atoms with E-state index >= 15 is 0 Å². The third-order valence-electron chi connectivity index (χ3n) is 4.51. The van der Waals surface area contributed by atoms with Gasteiger partial charge in [0.05, 0.1) is 13.4 Å². The number of carbonyl (C=O) groups excluding carboxylic acids is 1. The average Bonchev–Trinajstić information content (AvgIpc) is 3.02. The molecule has 0 saturated heterocycles. The van der Waals surface area contributed by atoms with E-state index in [-0.39, 0.29) is 5.91 Å². The fourth-order valence-corrected chi connectivity index (χ4v) is 4.20. The van der Waals surface area contributed by atoms with Gasteiger partial charge in [0.15, 0.2) is 16.6 Å². The molecule has 0 fully saturated rings. The molecule has 30 heavy (non-hydrogen) atoms. The Balaban J connectivity index is 1.51. The second-order valence-corrected chi connectivity index (χ2v) is 8.35. The van der Waals surface area contributed by atoms with Gasteiger partial charge in [-0.3, -0.25) is 10.1 Å². The highest BCUT2D eigenvalue weighted by Gasteiger charge is 2.17. The Morgan fingerprint density at radius 3 is 2.97 bits per heavy atom. The van der Waals surface area contributed by atoms with Crippen LogP contribution in [-0.4, -0.2) is 18.0 Å². The number of hydrogen-bond donors (Lipinski definition) is 1. The van der Waals surface area contributed by atoms with Crippen molar-refractivity contribution in [2.24, 2.45) is 0 Å². The number of ether oxygens (including phenoxy) is 2. The van der Waals surface area contributed by atoms with E-state index in [0.29, 0.717) is 32.8 Å². The van der Waals surface area contributed by atoms with Gasteiger partial charge in [0.25, 0.3) is 5.91 Å². The summed E-state index contributed by atoms with van der Waals surface area (Å²) in [5.41, 5.74) is 3.52. The first kappa shape index (κ1) is 20.2. The number of aryl methyl sites for hydroxylation is 1. The van der Waals surface area contributed by atoms with Crippen molar-refractivity contribution in [1.82, 2.24) is 4.98 Å². The van der Waals surface area contributed by atoms with Crippen LogP contribution in [0.4, 0.5) is 5.13 Å². The number of rotatable bonds is 5. The number of nitrogens with one attached hydrogen (secondary N) is 1. The predicted molar refractivity (Wildman–Crippen MR) is 120 cm³/mol. The molecule has 1 aromatic heterocycles. The molecule has 0 atom stereocenters. The van der Waals surface area contributed by atoms with Crippen molar-refractivity contribution >= 4 is 40.1 Å². The first-order valence-corrected chi connectivity index (χ1v) is 10.5. The van der Waals surface area contributed by atoms with E-state index in [4.69, 9.17) is 21.1 Å². The molecular weight excluding hydrogens is 420 g/mol. The number of halogens is 1. The van der Waals surface area contributed by atoms with Crippen LogP contribution in [0.15, 0.2) is 60.5 Å². The SMILES string of the molecule is COc1cc(Cl)cc2c1OC=CC(C(=O)Nc1ncc(Cc3cccc(C)c3)s1)=C2. The molecule has 1 N–H and O–H groups in total. The molecule has 0 saturated carbocycles. The van der Waals surface area contributed by atoms with Gasteiger partial charge in [0.1, 0.15) is 0 Å². The number of carbonyl (C=O) groups is 1. The Hall–Kier alpha value is -3.09. The Morgan fingerprint density at radius 2 is 2.17 bits per heavy atom. The maximum absolute atomic E-state index is 12.8. The minimum absolute atomic E-state index is 0.280. The number of thiazole rings is 1. The maximum Gasteiger partial charge on any atom is 0.257 e. The molecule has 0 unspecified atom stereocenters. The van der Waals surface area contributed by atoms with Gasteiger partial charge in [-0.1, -0.05) is 41.4 Å². The lowest BCUT2D eigenvalue weighted by molar-refractivity contribution is -0.112. The van der Waals surface area contributed by atoms with Gasteiger partial charge >= 0.3 is 0 Å². The van der Waals surface area contributed by atoms with Gasteiger partial charge in [-0.05, 0) is 30.7 Å². The molecule has 1 aliphatic rings. The van der Waals surface area contributed by atoms with Crippen LogP contribution < -0.4 is 14.8 Å². The summed E-state index contributed by atoms with van der Waals surface area (Å²) in [5, 5.41) is 3.90. The maximum atomic E-state index is 12.8. The number of fused-ring (bicyclic) bond motifs is 1. The summed E-state index contributed by atoms with van der Waals surface area (Å²) in [7, 11) is 1.54. The fourth-order valence-electron chi connectivity index (χ4n) is 3.15. The molecule has 0 spiro atoms. The molecule has 0 radical (unpaired) electrons. The van der Waals surface area contributed by atoms with Gasteiger partial charge in [0, 0.05) is 39.7 Å². The van der Waals surface area contributed by atoms with Gasteiger partial charge in [-0.15, -0.1) is 11.3 Å². The first-order chi connectivity index (χ1) is 14.5. The minimum Gasteiger partial charge on any atom is -0.493 e. The number of methoxy groups -OCH3 is 1.